The average molecular weight is 162 g/mol. The molecule has 1 aromatic rings. The summed E-state index contributed by atoms with van der Waals surface area (Å²) in [6, 6.07) is 0.553. The topological polar surface area (TPSA) is 58.3 Å². The van der Waals surface area contributed by atoms with Crippen molar-refractivity contribution in [2.75, 3.05) is 18.1 Å². The molecule has 4 nitrogen and oxygen atoms in total. The highest BCUT2D eigenvalue weighted by Gasteiger charge is 1.88. The number of hydrogen-bond donors (Lipinski definition) is 2. The molecule has 0 bridgehead atoms. The third kappa shape index (κ3) is 3.37. The van der Waals surface area contributed by atoms with Gasteiger partial charge in [-0.3, -0.25) is 4.72 Å². The molecule has 0 radical (unpaired) electrons. The molecule has 10 heavy (non-hydrogen) atoms. The molecule has 0 aliphatic rings. The average Bonchev–Trinajstić information content (AvgIpc) is 2.46. The van der Waals surface area contributed by atoms with Crippen molar-refractivity contribution in [2.24, 2.45) is 0 Å². The largest absolute Gasteiger partial charge is 0.432 e. The summed E-state index contributed by atoms with van der Waals surface area (Å²) in [6.07, 6.45) is 5.03. The third-order valence-corrected chi connectivity index (χ3v) is 1.00. The highest BCUT2D eigenvalue weighted by atomic mass is 32.2. The first kappa shape index (κ1) is 9.32. The third-order valence-electron chi connectivity index (χ3n) is 0.622. The van der Waals surface area contributed by atoms with E-state index in [1.807, 2.05) is 6.26 Å². The van der Waals surface area contributed by atoms with Gasteiger partial charge in [0.1, 0.15) is 6.26 Å². The first-order valence-electron chi connectivity index (χ1n) is 2.56. The van der Waals surface area contributed by atoms with Crippen LogP contribution in [-0.2, 0) is 0 Å². The second kappa shape index (κ2) is 6.44. The van der Waals surface area contributed by atoms with Crippen LogP contribution in [-0.4, -0.2) is 23.5 Å². The Morgan fingerprint density at radius 3 is 2.80 bits per heavy atom. The lowest BCUT2D eigenvalue weighted by Gasteiger charge is -1.89. The molecule has 0 aliphatic heterocycles. The van der Waals surface area contributed by atoms with Crippen LogP contribution in [0.25, 0.3) is 0 Å². The lowest BCUT2D eigenvalue weighted by atomic mass is 11.0. The quantitative estimate of drug-likeness (QED) is 0.635. The van der Waals surface area contributed by atoms with Gasteiger partial charge < -0.3 is 9.52 Å². The lowest BCUT2D eigenvalue weighted by molar-refractivity contribution is 0.399. The number of aliphatic hydroxyl groups excluding tert-OH is 1. The van der Waals surface area contributed by atoms with Crippen molar-refractivity contribution in [2.45, 2.75) is 0 Å². The van der Waals surface area contributed by atoms with Crippen molar-refractivity contribution in [1.29, 1.82) is 0 Å². The van der Waals surface area contributed by atoms with Crippen molar-refractivity contribution in [3.63, 3.8) is 0 Å². The number of nitrogens with zero attached hydrogens (tertiary/aromatic N) is 1. The van der Waals surface area contributed by atoms with Crippen molar-refractivity contribution in [3.8, 4) is 0 Å². The maximum atomic E-state index is 7.00. The predicted octanol–water partition coefficient (Wildman–Crippen LogP) is 0.973. The molecule has 0 atom stereocenters. The van der Waals surface area contributed by atoms with Crippen LogP contribution in [0.1, 0.15) is 0 Å². The molecule has 0 fully saturated rings. The summed E-state index contributed by atoms with van der Waals surface area (Å²) in [6.45, 7) is 0. The van der Waals surface area contributed by atoms with E-state index >= 15 is 0 Å². The van der Waals surface area contributed by atoms with Gasteiger partial charge in [-0.05, 0) is 0 Å². The van der Waals surface area contributed by atoms with Crippen LogP contribution in [0.4, 0.5) is 6.01 Å². The van der Waals surface area contributed by atoms with Crippen LogP contribution in [0.3, 0.4) is 0 Å². The molecule has 1 heterocycles. The molecule has 5 heteroatoms. The molecule has 2 N–H and O–H groups in total. The minimum absolute atomic E-state index is 0.553. The number of hydrogen-bond acceptors (Lipinski definition) is 5. The van der Waals surface area contributed by atoms with Crippen LogP contribution >= 0.6 is 11.9 Å². The van der Waals surface area contributed by atoms with E-state index < -0.39 is 0 Å². The van der Waals surface area contributed by atoms with Gasteiger partial charge >= 0.3 is 6.01 Å². The zero-order valence-corrected chi connectivity index (χ0v) is 6.68. The summed E-state index contributed by atoms with van der Waals surface area (Å²) in [7, 11) is 1.00. The van der Waals surface area contributed by atoms with Gasteiger partial charge in [0.2, 0.25) is 0 Å². The number of aromatic nitrogens is 1. The summed E-state index contributed by atoms with van der Waals surface area (Å²) in [4.78, 5) is 3.81. The molecule has 0 aromatic carbocycles. The normalized spacial score (nSPS) is 7.90. The zero-order chi connectivity index (χ0) is 7.82. The maximum Gasteiger partial charge on any atom is 0.304 e. The van der Waals surface area contributed by atoms with Gasteiger partial charge in [0, 0.05) is 13.4 Å². The Morgan fingerprint density at radius 1 is 1.70 bits per heavy atom. The maximum absolute atomic E-state index is 7.00. The summed E-state index contributed by atoms with van der Waals surface area (Å²) in [5, 5.41) is 7.00. The smallest absolute Gasteiger partial charge is 0.304 e. The lowest BCUT2D eigenvalue weighted by Crippen LogP contribution is -1.81. The molecule has 0 saturated heterocycles. The number of aliphatic hydroxyl groups is 1. The second-order valence-electron chi connectivity index (χ2n) is 1.14. The molecule has 1 rings (SSSR count). The van der Waals surface area contributed by atoms with E-state index in [1.54, 1.807) is 6.20 Å². The van der Waals surface area contributed by atoms with Gasteiger partial charge in [-0.25, -0.2) is 4.98 Å². The van der Waals surface area contributed by atoms with Crippen LogP contribution in [0, 0.1) is 0 Å². The van der Waals surface area contributed by atoms with E-state index in [0.717, 1.165) is 7.11 Å². The van der Waals surface area contributed by atoms with Crippen LogP contribution in [0.15, 0.2) is 16.9 Å². The molecule has 0 unspecified atom stereocenters. The summed E-state index contributed by atoms with van der Waals surface area (Å²) >= 11 is 1.45. The summed E-state index contributed by atoms with van der Waals surface area (Å²) < 4.78 is 7.66. The first-order valence-corrected chi connectivity index (χ1v) is 3.79. The zero-order valence-electron chi connectivity index (χ0n) is 5.87. The van der Waals surface area contributed by atoms with Crippen molar-refractivity contribution in [3.05, 3.63) is 12.5 Å². The number of nitrogens with one attached hydrogen (secondary N) is 1. The van der Waals surface area contributed by atoms with E-state index in [9.17, 15) is 0 Å². The van der Waals surface area contributed by atoms with Gasteiger partial charge in [-0.2, -0.15) is 0 Å². The molecule has 0 spiro atoms. The van der Waals surface area contributed by atoms with Gasteiger partial charge in [-0.15, -0.1) is 0 Å². The number of rotatable bonds is 2. The summed E-state index contributed by atoms with van der Waals surface area (Å²) in [5.41, 5.74) is 0. The SMILES string of the molecule is CO.CSNc1ncco1. The van der Waals surface area contributed by atoms with E-state index in [1.165, 1.54) is 18.2 Å². The minimum atomic E-state index is 0.553. The van der Waals surface area contributed by atoms with Crippen molar-refractivity contribution < 1.29 is 9.52 Å². The highest BCUT2D eigenvalue weighted by Crippen LogP contribution is 2.04. The van der Waals surface area contributed by atoms with Crippen molar-refractivity contribution >= 4 is 18.0 Å². The molecule has 1 aromatic heterocycles. The predicted molar refractivity (Wildman–Crippen MR) is 41.8 cm³/mol. The Labute approximate surface area is 63.8 Å². The number of oxazole rings is 1. The van der Waals surface area contributed by atoms with E-state index in [0.29, 0.717) is 6.01 Å². The van der Waals surface area contributed by atoms with Gasteiger partial charge in [0.05, 0.1) is 6.20 Å². The first-order chi connectivity index (χ1) is 4.93. The van der Waals surface area contributed by atoms with Crippen molar-refractivity contribution in [1.82, 2.24) is 4.98 Å². The van der Waals surface area contributed by atoms with Gasteiger partial charge in [0.25, 0.3) is 0 Å². The molecule has 0 amide bonds. The van der Waals surface area contributed by atoms with Crippen LogP contribution in [0.5, 0.6) is 0 Å². The monoisotopic (exact) mass is 162 g/mol. The van der Waals surface area contributed by atoms with Crippen LogP contribution in [0.2, 0.25) is 0 Å². The van der Waals surface area contributed by atoms with E-state index in [-0.39, 0.29) is 0 Å². The minimum Gasteiger partial charge on any atom is -0.432 e. The fraction of sp³-hybridized carbons (Fsp3) is 0.400. The summed E-state index contributed by atoms with van der Waals surface area (Å²) in [5.74, 6) is 0. The van der Waals surface area contributed by atoms with Gasteiger partial charge in [-0.1, -0.05) is 11.9 Å². The van der Waals surface area contributed by atoms with Gasteiger partial charge in [0.15, 0.2) is 0 Å². The Kier molecular flexibility index (Phi) is 6.00. The molecular weight excluding hydrogens is 152 g/mol. The molecular formula is C5H10N2O2S. The fourth-order valence-electron chi connectivity index (χ4n) is 0.361. The fourth-order valence-corrected chi connectivity index (χ4v) is 0.637. The molecule has 0 saturated carbocycles. The van der Waals surface area contributed by atoms with E-state index in [2.05, 4.69) is 9.71 Å². The standard InChI is InChI=1S/C4H6N2OS.CH4O/c1-8-6-4-5-2-3-7-4;1-2/h2-3H,1H3,(H,5,6);2H,1H3. The highest BCUT2D eigenvalue weighted by molar-refractivity contribution is 7.99. The van der Waals surface area contributed by atoms with E-state index in [4.69, 9.17) is 9.52 Å². The Morgan fingerprint density at radius 2 is 2.40 bits per heavy atom. The van der Waals surface area contributed by atoms with Crippen LogP contribution < -0.4 is 4.72 Å². The number of anilines is 1. The Bertz CT molecular complexity index is 143. The molecule has 58 valence electrons. The Hall–Kier alpha value is -0.680. The second-order valence-corrected chi connectivity index (χ2v) is 1.76. The molecule has 0 aliphatic carbocycles. The Balaban J connectivity index is 0.000000371.